The van der Waals surface area contributed by atoms with Crippen LogP contribution in [0.2, 0.25) is 0 Å². The van der Waals surface area contributed by atoms with Crippen molar-refractivity contribution in [1.82, 2.24) is 5.48 Å². The summed E-state index contributed by atoms with van der Waals surface area (Å²) in [4.78, 5) is 23.8. The molecule has 2 rings (SSSR count). The quantitative estimate of drug-likeness (QED) is 0.501. The molecule has 0 saturated heterocycles. The van der Waals surface area contributed by atoms with E-state index in [1.165, 1.54) is 44.0 Å². The number of nitrogens with one attached hydrogen (secondary N) is 1. The van der Waals surface area contributed by atoms with Crippen molar-refractivity contribution in [2.45, 2.75) is 0 Å². The number of methoxy groups -OCH3 is 2. The summed E-state index contributed by atoms with van der Waals surface area (Å²) in [6.45, 7) is 0. The van der Waals surface area contributed by atoms with E-state index in [1.807, 2.05) is 0 Å². The molecule has 1 amide bonds. The zero-order chi connectivity index (χ0) is 16.1. The number of carbonyl (C=O) groups is 2. The predicted octanol–water partition coefficient (Wildman–Crippen LogP) is 2.05. The van der Waals surface area contributed by atoms with Gasteiger partial charge in [-0.15, -0.1) is 0 Å². The van der Waals surface area contributed by atoms with Gasteiger partial charge in [0.2, 0.25) is 0 Å². The number of hydroxylamine groups is 1. The second-order valence-corrected chi connectivity index (χ2v) is 4.41. The topological polar surface area (TPSA) is 84.9 Å². The summed E-state index contributed by atoms with van der Waals surface area (Å²) in [6, 6.07) is 10.9. The van der Waals surface area contributed by atoms with Gasteiger partial charge >= 0.3 is 0 Å². The summed E-state index contributed by atoms with van der Waals surface area (Å²) < 4.78 is 10.3. The highest BCUT2D eigenvalue weighted by Gasteiger charge is 2.16. The van der Waals surface area contributed by atoms with Gasteiger partial charge in [0.25, 0.3) is 5.91 Å². The summed E-state index contributed by atoms with van der Waals surface area (Å²) in [5.74, 6) is 0.0769. The van der Waals surface area contributed by atoms with Crippen molar-refractivity contribution in [3.63, 3.8) is 0 Å². The largest absolute Gasteiger partial charge is 0.497 e. The first-order valence-corrected chi connectivity index (χ1v) is 6.42. The molecule has 0 heterocycles. The number of hydrogen-bond donors (Lipinski definition) is 2. The van der Waals surface area contributed by atoms with E-state index in [4.69, 9.17) is 14.7 Å². The summed E-state index contributed by atoms with van der Waals surface area (Å²) in [6.07, 6.45) is 0. The van der Waals surface area contributed by atoms with E-state index in [0.717, 1.165) is 0 Å². The van der Waals surface area contributed by atoms with Crippen molar-refractivity contribution in [3.05, 3.63) is 59.2 Å². The molecule has 2 aromatic carbocycles. The molecule has 2 N–H and O–H groups in total. The molecular weight excluding hydrogens is 286 g/mol. The lowest BCUT2D eigenvalue weighted by Gasteiger charge is -2.10. The molecule has 22 heavy (non-hydrogen) atoms. The van der Waals surface area contributed by atoms with Crippen molar-refractivity contribution in [2.75, 3.05) is 14.2 Å². The van der Waals surface area contributed by atoms with Gasteiger partial charge in [0.1, 0.15) is 11.5 Å². The molecule has 0 radical (unpaired) electrons. The minimum atomic E-state index is -0.641. The first-order chi connectivity index (χ1) is 10.6. The molecule has 114 valence electrons. The van der Waals surface area contributed by atoms with E-state index >= 15 is 0 Å². The zero-order valence-electron chi connectivity index (χ0n) is 12.1. The Morgan fingerprint density at radius 3 is 2.14 bits per heavy atom. The summed E-state index contributed by atoms with van der Waals surface area (Å²) in [5.41, 5.74) is 2.53. The summed E-state index contributed by atoms with van der Waals surface area (Å²) in [5, 5.41) is 8.57. The third-order valence-corrected chi connectivity index (χ3v) is 3.16. The maximum Gasteiger partial charge on any atom is 0.274 e. The molecule has 6 heteroatoms. The molecule has 0 spiro atoms. The molecule has 0 aliphatic rings. The van der Waals surface area contributed by atoms with Crippen LogP contribution in [0, 0.1) is 0 Å². The van der Waals surface area contributed by atoms with E-state index < -0.39 is 5.91 Å². The fraction of sp³-hybridized carbons (Fsp3) is 0.125. The van der Waals surface area contributed by atoms with E-state index in [9.17, 15) is 9.59 Å². The number of ketones is 1. The lowest BCUT2D eigenvalue weighted by atomic mass is 10.0. The Morgan fingerprint density at radius 1 is 0.955 bits per heavy atom. The number of ether oxygens (including phenoxy) is 2. The van der Waals surface area contributed by atoms with Gasteiger partial charge < -0.3 is 9.47 Å². The van der Waals surface area contributed by atoms with Crippen LogP contribution in [-0.2, 0) is 0 Å². The average Bonchev–Trinajstić information content (AvgIpc) is 2.59. The second kappa shape index (κ2) is 6.73. The van der Waals surface area contributed by atoms with Crippen LogP contribution in [0.25, 0.3) is 0 Å². The Bertz CT molecular complexity index is 694. The zero-order valence-corrected chi connectivity index (χ0v) is 12.1. The van der Waals surface area contributed by atoms with Crippen LogP contribution in [0.5, 0.6) is 11.5 Å². The molecule has 0 saturated carbocycles. The van der Waals surface area contributed by atoms with Crippen LogP contribution in [0.15, 0.2) is 42.5 Å². The van der Waals surface area contributed by atoms with Gasteiger partial charge in [-0.05, 0) is 30.3 Å². The maximum absolute atomic E-state index is 12.6. The van der Waals surface area contributed by atoms with Crippen molar-refractivity contribution in [1.29, 1.82) is 0 Å². The Labute approximate surface area is 127 Å². The van der Waals surface area contributed by atoms with Gasteiger partial charge in [0, 0.05) is 11.1 Å². The third kappa shape index (κ3) is 3.07. The fourth-order valence-electron chi connectivity index (χ4n) is 1.98. The fourth-order valence-corrected chi connectivity index (χ4v) is 1.98. The highest BCUT2D eigenvalue weighted by molar-refractivity contribution is 6.11. The predicted molar refractivity (Wildman–Crippen MR) is 78.7 cm³/mol. The minimum absolute atomic E-state index is 0.247. The van der Waals surface area contributed by atoms with Crippen molar-refractivity contribution < 1.29 is 24.3 Å². The van der Waals surface area contributed by atoms with Crippen LogP contribution >= 0.6 is 0 Å². The van der Waals surface area contributed by atoms with Crippen molar-refractivity contribution in [2.24, 2.45) is 0 Å². The molecule has 0 aliphatic carbocycles. The highest BCUT2D eigenvalue weighted by atomic mass is 16.5. The molecule has 0 aromatic heterocycles. The second-order valence-electron chi connectivity index (χ2n) is 4.41. The molecule has 2 aromatic rings. The van der Waals surface area contributed by atoms with Gasteiger partial charge in [-0.25, -0.2) is 5.48 Å². The van der Waals surface area contributed by atoms with E-state index in [1.54, 1.807) is 18.2 Å². The van der Waals surface area contributed by atoms with Crippen LogP contribution in [0.4, 0.5) is 0 Å². The van der Waals surface area contributed by atoms with Gasteiger partial charge in [-0.1, -0.05) is 12.1 Å². The Morgan fingerprint density at radius 2 is 1.59 bits per heavy atom. The highest BCUT2D eigenvalue weighted by Crippen LogP contribution is 2.26. The van der Waals surface area contributed by atoms with Gasteiger partial charge in [0.15, 0.2) is 5.78 Å². The monoisotopic (exact) mass is 301 g/mol. The minimum Gasteiger partial charge on any atom is -0.497 e. The molecule has 0 bridgehead atoms. The Hall–Kier alpha value is -2.86. The molecular formula is C16H15NO5. The molecule has 6 nitrogen and oxygen atoms in total. The molecule has 0 fully saturated rings. The first-order valence-electron chi connectivity index (χ1n) is 6.42. The van der Waals surface area contributed by atoms with Crippen LogP contribution in [0.1, 0.15) is 26.3 Å². The lowest BCUT2D eigenvalue weighted by molar-refractivity contribution is 0.0706. The average molecular weight is 301 g/mol. The number of rotatable bonds is 5. The smallest absolute Gasteiger partial charge is 0.274 e. The summed E-state index contributed by atoms with van der Waals surface area (Å²) >= 11 is 0. The number of amides is 1. The van der Waals surface area contributed by atoms with Crippen LogP contribution in [-0.4, -0.2) is 31.1 Å². The number of carbonyl (C=O) groups excluding carboxylic acids is 2. The number of benzene rings is 2. The van der Waals surface area contributed by atoms with E-state index in [-0.39, 0.29) is 11.3 Å². The summed E-state index contributed by atoms with van der Waals surface area (Å²) in [7, 11) is 2.99. The standard InChI is InChI=1S/C16H15NO5/c1-21-12-7-8-14(22-2)13(9-12)15(18)10-3-5-11(6-4-10)16(19)17-20/h3-9,20H,1-2H3,(H,17,19). The first kappa shape index (κ1) is 15.5. The molecule has 0 aliphatic heterocycles. The molecule has 0 atom stereocenters. The van der Waals surface area contributed by atoms with Crippen LogP contribution in [0.3, 0.4) is 0 Å². The number of hydrogen-bond acceptors (Lipinski definition) is 5. The SMILES string of the molecule is COc1ccc(OC)c(C(=O)c2ccc(C(=O)NO)cc2)c1. The van der Waals surface area contributed by atoms with Crippen molar-refractivity contribution in [3.8, 4) is 11.5 Å². The van der Waals surface area contributed by atoms with E-state index in [2.05, 4.69) is 0 Å². The molecule has 0 unspecified atom stereocenters. The van der Waals surface area contributed by atoms with Gasteiger partial charge in [-0.2, -0.15) is 0 Å². The van der Waals surface area contributed by atoms with Gasteiger partial charge in [0.05, 0.1) is 19.8 Å². The normalized spacial score (nSPS) is 9.95. The van der Waals surface area contributed by atoms with E-state index in [0.29, 0.717) is 22.6 Å². The van der Waals surface area contributed by atoms with Crippen molar-refractivity contribution >= 4 is 11.7 Å². The Balaban J connectivity index is 2.37. The maximum atomic E-state index is 12.6. The third-order valence-electron chi connectivity index (χ3n) is 3.16. The van der Waals surface area contributed by atoms with Gasteiger partial charge in [-0.3, -0.25) is 14.8 Å². The van der Waals surface area contributed by atoms with Crippen LogP contribution < -0.4 is 15.0 Å². The lowest BCUT2D eigenvalue weighted by Crippen LogP contribution is -2.18. The Kier molecular flexibility index (Phi) is 4.75.